The van der Waals surface area contributed by atoms with Gasteiger partial charge in [-0.2, -0.15) is 0 Å². The summed E-state index contributed by atoms with van der Waals surface area (Å²) in [4.78, 5) is 8.59. The summed E-state index contributed by atoms with van der Waals surface area (Å²) in [7, 11) is 0. The topological polar surface area (TPSA) is 33.6 Å². The Morgan fingerprint density at radius 2 is 1.25 bits per heavy atom. The molecule has 0 saturated carbocycles. The molecule has 0 saturated heterocycles. The van der Waals surface area contributed by atoms with E-state index in [4.69, 9.17) is 4.98 Å². The first-order valence-corrected chi connectivity index (χ1v) is 18.9. The second kappa shape index (κ2) is 10.9. The summed E-state index contributed by atoms with van der Waals surface area (Å²) >= 11 is 1.89. The predicted octanol–water partition coefficient (Wildman–Crippen LogP) is 13.8. The summed E-state index contributed by atoms with van der Waals surface area (Å²) in [6, 6.07) is 59.9. The molecule has 53 heavy (non-hydrogen) atoms. The number of aromatic nitrogens is 3. The van der Waals surface area contributed by atoms with Gasteiger partial charge in [0.2, 0.25) is 0 Å². The van der Waals surface area contributed by atoms with Crippen LogP contribution in [-0.4, -0.2) is 14.5 Å². The monoisotopic (exact) mass is 691 g/mol. The first kappa shape index (κ1) is 28.9. The number of aromatic amines is 1. The van der Waals surface area contributed by atoms with Crippen molar-refractivity contribution in [3.63, 3.8) is 0 Å². The molecule has 3 nitrogen and oxygen atoms in total. The third-order valence-corrected chi connectivity index (χ3v) is 12.3. The number of hydrogen-bond acceptors (Lipinski definition) is 2. The van der Waals surface area contributed by atoms with Crippen molar-refractivity contribution in [3.05, 3.63) is 170 Å². The minimum absolute atomic E-state index is 0.986. The van der Waals surface area contributed by atoms with Crippen molar-refractivity contribution in [3.8, 4) is 27.9 Å². The van der Waals surface area contributed by atoms with E-state index >= 15 is 0 Å². The zero-order chi connectivity index (χ0) is 34.6. The second-order valence-corrected chi connectivity index (χ2v) is 15.1. The molecule has 246 valence electrons. The Balaban J connectivity index is 1.05. The Hall–Kier alpha value is -6.75. The Labute approximate surface area is 308 Å². The van der Waals surface area contributed by atoms with Crippen LogP contribution in [0.4, 0.5) is 0 Å². The Morgan fingerprint density at radius 3 is 2.17 bits per heavy atom. The molecular weight excluding hydrogens is 663 g/mol. The molecule has 0 spiro atoms. The molecule has 1 N–H and O–H groups in total. The van der Waals surface area contributed by atoms with Crippen LogP contribution in [0.1, 0.15) is 0 Å². The Kier molecular flexibility index (Phi) is 5.93. The lowest BCUT2D eigenvalue weighted by Gasteiger charge is -2.12. The van der Waals surface area contributed by atoms with Crippen molar-refractivity contribution in [2.45, 2.75) is 0 Å². The number of nitrogens with one attached hydrogen (secondary N) is 1. The quantitative estimate of drug-likeness (QED) is 0.184. The van der Waals surface area contributed by atoms with Crippen molar-refractivity contribution in [2.24, 2.45) is 0 Å². The highest BCUT2D eigenvalue weighted by Gasteiger charge is 2.19. The number of hydrogen-bond donors (Lipinski definition) is 1. The van der Waals surface area contributed by atoms with Crippen LogP contribution in [0.25, 0.3) is 113 Å². The van der Waals surface area contributed by atoms with Gasteiger partial charge in [-0.1, -0.05) is 97.1 Å². The number of H-pyrrole nitrogens is 1. The Bertz CT molecular complexity index is 3460. The van der Waals surface area contributed by atoms with Gasteiger partial charge in [-0.3, -0.25) is 4.57 Å². The third kappa shape index (κ3) is 4.18. The Morgan fingerprint density at radius 1 is 0.472 bits per heavy atom. The maximum atomic E-state index is 4.84. The van der Waals surface area contributed by atoms with E-state index in [-0.39, 0.29) is 0 Å². The van der Waals surface area contributed by atoms with Gasteiger partial charge in [-0.15, -0.1) is 11.3 Å². The van der Waals surface area contributed by atoms with Crippen molar-refractivity contribution < 1.29 is 0 Å². The molecule has 0 atom stereocenters. The van der Waals surface area contributed by atoms with Crippen LogP contribution in [0.15, 0.2) is 170 Å². The van der Waals surface area contributed by atoms with E-state index in [1.807, 2.05) is 23.6 Å². The van der Waals surface area contributed by atoms with Crippen molar-refractivity contribution in [1.29, 1.82) is 0 Å². The van der Waals surface area contributed by atoms with Gasteiger partial charge in [0.25, 0.3) is 0 Å². The SMILES string of the molecule is c1ccc(-n2c3cc4sc5c(ccc6[nH]c7ccc(-c8cccc(-c9cc%10ccccc%10c%10ccccc9%10)c8)cc7c65)c4cc3c3cccnc32)cc1. The van der Waals surface area contributed by atoms with Gasteiger partial charge in [0, 0.05) is 64.6 Å². The van der Waals surface area contributed by atoms with E-state index in [2.05, 4.69) is 167 Å². The van der Waals surface area contributed by atoms with Crippen LogP contribution in [0.3, 0.4) is 0 Å². The summed E-state index contributed by atoms with van der Waals surface area (Å²) in [6.45, 7) is 0. The highest BCUT2D eigenvalue weighted by Crippen LogP contribution is 2.45. The summed E-state index contributed by atoms with van der Waals surface area (Å²) in [5.41, 5.74) is 10.5. The lowest BCUT2D eigenvalue weighted by molar-refractivity contribution is 1.14. The minimum Gasteiger partial charge on any atom is -0.354 e. The van der Waals surface area contributed by atoms with E-state index in [1.54, 1.807) is 0 Å². The molecule has 8 aromatic carbocycles. The van der Waals surface area contributed by atoms with Gasteiger partial charge in [0.15, 0.2) is 0 Å². The van der Waals surface area contributed by atoms with E-state index in [1.165, 1.54) is 96.5 Å². The molecule has 0 bridgehead atoms. The standard InChI is InChI=1S/C49H29N3S/c1-2-13-33(14-3-1)52-45-28-46-41(27-40(45)38-18-9-23-50-49(38)52)37-20-22-44-47(48(37)53-46)42-25-30(19-21-43(42)51-44)29-11-8-12-31(24-29)39-26-32-10-4-5-15-34(32)35-16-6-7-17-36(35)39/h1-28,51H. The molecule has 0 unspecified atom stereocenters. The summed E-state index contributed by atoms with van der Waals surface area (Å²) in [5, 5.41) is 12.6. The zero-order valence-corrected chi connectivity index (χ0v) is 29.3. The average molecular weight is 692 g/mol. The lowest BCUT2D eigenvalue weighted by atomic mass is 9.91. The van der Waals surface area contributed by atoms with Crippen LogP contribution in [0.2, 0.25) is 0 Å². The lowest BCUT2D eigenvalue weighted by Crippen LogP contribution is -1.94. The molecule has 0 amide bonds. The van der Waals surface area contributed by atoms with Gasteiger partial charge in [-0.05, 0) is 111 Å². The van der Waals surface area contributed by atoms with Gasteiger partial charge in [0.1, 0.15) is 5.65 Å². The second-order valence-electron chi connectivity index (χ2n) is 14.0. The number of thiophene rings is 1. The van der Waals surface area contributed by atoms with Crippen LogP contribution in [0.5, 0.6) is 0 Å². The van der Waals surface area contributed by atoms with Crippen LogP contribution in [-0.2, 0) is 0 Å². The minimum atomic E-state index is 0.986. The molecule has 4 aromatic heterocycles. The number of nitrogens with zero attached hydrogens (tertiary/aromatic N) is 2. The van der Waals surface area contributed by atoms with Crippen LogP contribution < -0.4 is 0 Å². The van der Waals surface area contributed by atoms with Gasteiger partial charge in [0.05, 0.1) is 5.52 Å². The molecular formula is C49H29N3S. The fourth-order valence-corrected chi connectivity index (χ4v) is 10.0. The summed E-state index contributed by atoms with van der Waals surface area (Å²) < 4.78 is 4.90. The van der Waals surface area contributed by atoms with Crippen molar-refractivity contribution in [1.82, 2.24) is 14.5 Å². The smallest absolute Gasteiger partial charge is 0.145 e. The summed E-state index contributed by atoms with van der Waals surface area (Å²) in [6.07, 6.45) is 1.89. The molecule has 0 aliphatic rings. The van der Waals surface area contributed by atoms with E-state index < -0.39 is 0 Å². The third-order valence-electron chi connectivity index (χ3n) is 11.1. The number of fused-ring (bicyclic) bond motifs is 13. The van der Waals surface area contributed by atoms with Crippen LogP contribution in [0, 0.1) is 0 Å². The van der Waals surface area contributed by atoms with Gasteiger partial charge >= 0.3 is 0 Å². The molecule has 4 heterocycles. The fourth-order valence-electron chi connectivity index (χ4n) is 8.73. The maximum Gasteiger partial charge on any atom is 0.145 e. The highest BCUT2D eigenvalue weighted by atomic mass is 32.1. The molecule has 0 aliphatic heterocycles. The highest BCUT2D eigenvalue weighted by molar-refractivity contribution is 7.26. The number of benzene rings is 8. The fraction of sp³-hybridized carbons (Fsp3) is 0. The molecule has 12 aromatic rings. The van der Waals surface area contributed by atoms with Crippen molar-refractivity contribution >= 4 is 96.8 Å². The normalized spacial score (nSPS) is 12.2. The molecule has 4 heteroatoms. The molecule has 0 radical (unpaired) electrons. The molecule has 0 aliphatic carbocycles. The largest absolute Gasteiger partial charge is 0.354 e. The van der Waals surface area contributed by atoms with Crippen LogP contribution >= 0.6 is 11.3 Å². The molecule has 0 fully saturated rings. The average Bonchev–Trinajstić information content (AvgIpc) is 3.88. The predicted molar refractivity (Wildman–Crippen MR) is 227 cm³/mol. The maximum absolute atomic E-state index is 4.84. The molecule has 12 rings (SSSR count). The number of para-hydroxylation sites is 1. The van der Waals surface area contributed by atoms with E-state index in [0.29, 0.717) is 0 Å². The van der Waals surface area contributed by atoms with Gasteiger partial charge in [-0.25, -0.2) is 4.98 Å². The summed E-state index contributed by atoms with van der Waals surface area (Å²) in [5.74, 6) is 0. The number of rotatable bonds is 3. The van der Waals surface area contributed by atoms with E-state index in [9.17, 15) is 0 Å². The number of pyridine rings is 1. The first-order chi connectivity index (χ1) is 26.3. The first-order valence-electron chi connectivity index (χ1n) is 18.0. The van der Waals surface area contributed by atoms with Crippen molar-refractivity contribution in [2.75, 3.05) is 0 Å². The van der Waals surface area contributed by atoms with E-state index in [0.717, 1.165) is 16.9 Å². The van der Waals surface area contributed by atoms with Gasteiger partial charge < -0.3 is 4.98 Å². The zero-order valence-electron chi connectivity index (χ0n) is 28.5.